The largest absolute Gasteiger partial charge is 0.462 e. The van der Waals surface area contributed by atoms with Crippen LogP contribution in [-0.2, 0) is 28.6 Å². The van der Waals surface area contributed by atoms with E-state index in [1.807, 2.05) is 0 Å². The second kappa shape index (κ2) is 56.2. The van der Waals surface area contributed by atoms with Gasteiger partial charge in [0.25, 0.3) is 0 Å². The van der Waals surface area contributed by atoms with Gasteiger partial charge in [-0.25, -0.2) is 0 Å². The highest BCUT2D eigenvalue weighted by Gasteiger charge is 2.19. The minimum absolute atomic E-state index is 0.0933. The van der Waals surface area contributed by atoms with Crippen LogP contribution in [0.25, 0.3) is 0 Å². The zero-order valence-corrected chi connectivity index (χ0v) is 44.6. The topological polar surface area (TPSA) is 78.9 Å². The number of carbonyl (C=O) groups excluding carboxylic acids is 3. The van der Waals surface area contributed by atoms with Crippen molar-refractivity contribution in [2.24, 2.45) is 0 Å². The molecule has 0 saturated heterocycles. The van der Waals surface area contributed by atoms with Gasteiger partial charge in [0, 0.05) is 19.3 Å². The minimum atomic E-state index is -0.798. The molecule has 0 aliphatic carbocycles. The molecule has 0 spiro atoms. The summed E-state index contributed by atoms with van der Waals surface area (Å²) in [4.78, 5) is 38.2. The standard InChI is InChI=1S/C62H106O6/c1-4-7-10-13-16-19-22-25-28-30-32-34-37-40-43-46-49-52-55-61(64)67-58-59(57-66-60(63)54-51-48-45-42-39-36-33-27-24-21-18-15-12-9-6-3)68-62(65)56-53-50-47-44-41-38-35-31-29-26-23-20-17-14-11-8-5-2/h8,11,17-18,20-21,26-30,33,35,38,59H,4-7,9-10,12-16,19,22-25,31-32,34,36-37,39-58H2,1-3H3/b11-8-,20-17-,21-18-,29-26-,30-28-,33-27-,38-35-. The molecule has 1 unspecified atom stereocenters. The zero-order chi connectivity index (χ0) is 49.3. The van der Waals surface area contributed by atoms with Crippen LogP contribution in [0.15, 0.2) is 85.1 Å². The van der Waals surface area contributed by atoms with E-state index >= 15 is 0 Å². The van der Waals surface area contributed by atoms with Crippen LogP contribution in [0.5, 0.6) is 0 Å². The summed E-state index contributed by atoms with van der Waals surface area (Å²) in [7, 11) is 0. The molecule has 1 atom stereocenters. The van der Waals surface area contributed by atoms with Gasteiger partial charge in [0.2, 0.25) is 0 Å². The molecule has 0 aromatic carbocycles. The van der Waals surface area contributed by atoms with Gasteiger partial charge in [0.05, 0.1) is 0 Å². The van der Waals surface area contributed by atoms with Gasteiger partial charge < -0.3 is 14.2 Å². The van der Waals surface area contributed by atoms with Gasteiger partial charge >= 0.3 is 17.9 Å². The molecule has 0 N–H and O–H groups in total. The molecule has 0 aliphatic heterocycles. The fourth-order valence-corrected chi connectivity index (χ4v) is 7.81. The smallest absolute Gasteiger partial charge is 0.306 e. The number of unbranched alkanes of at least 4 members (excludes halogenated alkanes) is 26. The normalized spacial score (nSPS) is 12.7. The molecule has 0 saturated carbocycles. The molecule has 0 fully saturated rings. The third-order valence-corrected chi connectivity index (χ3v) is 12.1. The van der Waals surface area contributed by atoms with Crippen LogP contribution in [0.2, 0.25) is 0 Å². The third-order valence-electron chi connectivity index (χ3n) is 12.1. The first-order valence-electron chi connectivity index (χ1n) is 28.6. The van der Waals surface area contributed by atoms with Crippen molar-refractivity contribution in [3.8, 4) is 0 Å². The van der Waals surface area contributed by atoms with E-state index in [1.54, 1.807) is 0 Å². The summed E-state index contributed by atoms with van der Waals surface area (Å²) in [6.07, 6.45) is 72.8. The first-order valence-corrected chi connectivity index (χ1v) is 28.6. The Labute approximate surface area is 420 Å². The zero-order valence-electron chi connectivity index (χ0n) is 44.6. The highest BCUT2D eigenvalue weighted by atomic mass is 16.6. The summed E-state index contributed by atoms with van der Waals surface area (Å²) in [6.45, 7) is 6.47. The predicted molar refractivity (Wildman–Crippen MR) is 293 cm³/mol. The van der Waals surface area contributed by atoms with E-state index in [9.17, 15) is 14.4 Å². The quantitative estimate of drug-likeness (QED) is 0.0262. The molecule has 0 bridgehead atoms. The molecule has 6 nitrogen and oxygen atoms in total. The van der Waals surface area contributed by atoms with Crippen LogP contribution in [-0.4, -0.2) is 37.2 Å². The minimum Gasteiger partial charge on any atom is -0.462 e. The molecule has 0 heterocycles. The molecule has 0 amide bonds. The maximum absolute atomic E-state index is 12.8. The van der Waals surface area contributed by atoms with Crippen LogP contribution in [0, 0.1) is 0 Å². The average molecular weight is 948 g/mol. The van der Waals surface area contributed by atoms with Crippen molar-refractivity contribution in [1.82, 2.24) is 0 Å². The Bertz CT molecular complexity index is 1320. The maximum Gasteiger partial charge on any atom is 0.306 e. The van der Waals surface area contributed by atoms with E-state index in [1.165, 1.54) is 109 Å². The first-order chi connectivity index (χ1) is 33.5. The maximum atomic E-state index is 12.8. The molecule has 68 heavy (non-hydrogen) atoms. The number of hydrogen-bond donors (Lipinski definition) is 0. The van der Waals surface area contributed by atoms with Gasteiger partial charge in [-0.1, -0.05) is 221 Å². The molecule has 0 aromatic heterocycles. The Morgan fingerprint density at radius 1 is 0.309 bits per heavy atom. The fraction of sp³-hybridized carbons (Fsp3) is 0.726. The lowest BCUT2D eigenvalue weighted by Gasteiger charge is -2.18. The van der Waals surface area contributed by atoms with Crippen LogP contribution in [0.4, 0.5) is 0 Å². The Kier molecular flexibility index (Phi) is 53.4. The van der Waals surface area contributed by atoms with Crippen LogP contribution >= 0.6 is 0 Å². The molecule has 0 aromatic rings. The molecular weight excluding hydrogens is 841 g/mol. The van der Waals surface area contributed by atoms with Crippen molar-refractivity contribution in [3.63, 3.8) is 0 Å². The summed E-state index contributed by atoms with van der Waals surface area (Å²) in [5, 5.41) is 0. The van der Waals surface area contributed by atoms with Crippen molar-refractivity contribution in [2.75, 3.05) is 13.2 Å². The lowest BCUT2D eigenvalue weighted by Crippen LogP contribution is -2.30. The summed E-state index contributed by atoms with van der Waals surface area (Å²) in [6, 6.07) is 0. The van der Waals surface area contributed by atoms with Crippen molar-refractivity contribution in [1.29, 1.82) is 0 Å². The van der Waals surface area contributed by atoms with E-state index in [0.29, 0.717) is 19.3 Å². The number of hydrogen-bond acceptors (Lipinski definition) is 6. The highest BCUT2D eigenvalue weighted by molar-refractivity contribution is 5.71. The first kappa shape index (κ1) is 64.6. The van der Waals surface area contributed by atoms with Crippen molar-refractivity contribution >= 4 is 17.9 Å². The van der Waals surface area contributed by atoms with Gasteiger partial charge in [-0.05, 0) is 116 Å². The number of ether oxygens (including phenoxy) is 3. The Morgan fingerprint density at radius 3 is 0.941 bits per heavy atom. The van der Waals surface area contributed by atoms with E-state index in [2.05, 4.69) is 106 Å². The van der Waals surface area contributed by atoms with Gasteiger partial charge in [-0.15, -0.1) is 0 Å². The second-order valence-electron chi connectivity index (χ2n) is 18.8. The molecule has 0 aliphatic rings. The monoisotopic (exact) mass is 947 g/mol. The Morgan fingerprint density at radius 2 is 0.574 bits per heavy atom. The number of esters is 3. The van der Waals surface area contributed by atoms with Crippen molar-refractivity contribution in [3.05, 3.63) is 85.1 Å². The van der Waals surface area contributed by atoms with E-state index in [0.717, 1.165) is 122 Å². The summed E-state index contributed by atoms with van der Waals surface area (Å²) in [5.74, 6) is -0.931. The SMILES string of the molecule is CC/C=C\C/C=C\C/C=C\C/C=C\CCCCCCC(=O)OC(COC(=O)CCCCCCC/C=C\C/C=C\CCCCC)COC(=O)CCCCCCCCC/C=C\CCCCCCCCC. The molecular formula is C62H106O6. The van der Waals surface area contributed by atoms with E-state index in [4.69, 9.17) is 14.2 Å². The fourth-order valence-electron chi connectivity index (χ4n) is 7.81. The van der Waals surface area contributed by atoms with E-state index < -0.39 is 6.10 Å². The van der Waals surface area contributed by atoms with Gasteiger partial charge in [0.15, 0.2) is 6.10 Å². The number of allylic oxidation sites excluding steroid dienone is 14. The Balaban J connectivity index is 4.45. The summed E-state index contributed by atoms with van der Waals surface area (Å²) < 4.78 is 16.8. The van der Waals surface area contributed by atoms with Gasteiger partial charge in [-0.2, -0.15) is 0 Å². The Hall–Kier alpha value is -3.41. The van der Waals surface area contributed by atoms with Crippen molar-refractivity contribution in [2.45, 2.75) is 277 Å². The number of rotatable bonds is 51. The lowest BCUT2D eigenvalue weighted by atomic mass is 10.1. The second-order valence-corrected chi connectivity index (χ2v) is 18.8. The molecule has 6 heteroatoms. The summed E-state index contributed by atoms with van der Waals surface area (Å²) >= 11 is 0. The van der Waals surface area contributed by atoms with Crippen LogP contribution in [0.3, 0.4) is 0 Å². The van der Waals surface area contributed by atoms with Crippen molar-refractivity contribution < 1.29 is 28.6 Å². The molecule has 0 radical (unpaired) electrons. The predicted octanol–water partition coefficient (Wildman–Crippen LogP) is 19.2. The lowest BCUT2D eigenvalue weighted by molar-refractivity contribution is -0.167. The molecule has 0 rings (SSSR count). The van der Waals surface area contributed by atoms with Crippen LogP contribution in [0.1, 0.15) is 271 Å². The van der Waals surface area contributed by atoms with Gasteiger partial charge in [-0.3, -0.25) is 14.4 Å². The highest BCUT2D eigenvalue weighted by Crippen LogP contribution is 2.14. The number of carbonyl (C=O) groups is 3. The third kappa shape index (κ3) is 53.5. The average Bonchev–Trinajstić information content (AvgIpc) is 3.34. The molecule has 390 valence electrons. The van der Waals surface area contributed by atoms with Gasteiger partial charge in [0.1, 0.15) is 13.2 Å². The van der Waals surface area contributed by atoms with Crippen LogP contribution < -0.4 is 0 Å². The van der Waals surface area contributed by atoms with E-state index in [-0.39, 0.29) is 31.1 Å². The summed E-state index contributed by atoms with van der Waals surface area (Å²) in [5.41, 5.74) is 0.